The van der Waals surface area contributed by atoms with E-state index < -0.39 is 5.97 Å². The van der Waals surface area contributed by atoms with E-state index in [1.54, 1.807) is 24.3 Å². The van der Waals surface area contributed by atoms with Crippen LogP contribution < -0.4 is 10.1 Å². The zero-order valence-corrected chi connectivity index (χ0v) is 15.4. The van der Waals surface area contributed by atoms with Gasteiger partial charge in [-0.15, -0.1) is 0 Å². The molecule has 0 aromatic heterocycles. The maximum atomic E-state index is 12.1. The Labute approximate surface area is 154 Å². The molecular formula is C21H25NO4. The van der Waals surface area contributed by atoms with E-state index >= 15 is 0 Å². The quantitative estimate of drug-likeness (QED) is 0.733. The Hall–Kier alpha value is -2.82. The smallest absolute Gasteiger partial charge is 0.338 e. The first-order valence-electron chi connectivity index (χ1n) is 8.70. The summed E-state index contributed by atoms with van der Waals surface area (Å²) >= 11 is 0. The topological polar surface area (TPSA) is 64.6 Å². The van der Waals surface area contributed by atoms with Crippen molar-refractivity contribution in [1.82, 2.24) is 5.32 Å². The van der Waals surface area contributed by atoms with Gasteiger partial charge in [-0.05, 0) is 36.6 Å². The second-order valence-electron chi connectivity index (χ2n) is 6.51. The van der Waals surface area contributed by atoms with E-state index in [0.29, 0.717) is 23.8 Å². The number of nitrogens with one attached hydrogen (secondary N) is 1. The van der Waals surface area contributed by atoms with Crippen molar-refractivity contribution in [3.8, 4) is 5.75 Å². The highest BCUT2D eigenvalue weighted by molar-refractivity contribution is 5.91. The zero-order chi connectivity index (χ0) is 18.9. The minimum atomic E-state index is -0.553. The molecule has 5 nitrogen and oxygen atoms in total. The van der Waals surface area contributed by atoms with Gasteiger partial charge in [-0.2, -0.15) is 0 Å². The third kappa shape index (κ3) is 6.24. The Morgan fingerprint density at radius 1 is 1.00 bits per heavy atom. The molecule has 0 spiro atoms. The molecule has 0 heterocycles. The number of rotatable bonds is 8. The average molecular weight is 355 g/mol. The summed E-state index contributed by atoms with van der Waals surface area (Å²) in [6.45, 7) is 6.22. The lowest BCUT2D eigenvalue weighted by atomic mass is 10.1. The van der Waals surface area contributed by atoms with E-state index in [1.165, 1.54) is 0 Å². The Bertz CT molecular complexity index is 728. The van der Waals surface area contributed by atoms with Gasteiger partial charge in [0.25, 0.3) is 5.91 Å². The van der Waals surface area contributed by atoms with Gasteiger partial charge < -0.3 is 14.8 Å². The molecule has 0 aliphatic carbocycles. The monoisotopic (exact) mass is 355 g/mol. The van der Waals surface area contributed by atoms with Crippen molar-refractivity contribution < 1.29 is 19.1 Å². The Balaban J connectivity index is 1.84. The summed E-state index contributed by atoms with van der Waals surface area (Å²) in [6.07, 6.45) is 0. The van der Waals surface area contributed by atoms with Crippen LogP contribution in [0.5, 0.6) is 5.75 Å². The summed E-state index contributed by atoms with van der Waals surface area (Å²) in [7, 11) is 0. The molecule has 0 fully saturated rings. The second kappa shape index (κ2) is 9.61. The molecule has 0 radical (unpaired) electrons. The normalized spacial score (nSPS) is 11.7. The first-order chi connectivity index (χ1) is 12.5. The summed E-state index contributed by atoms with van der Waals surface area (Å²) in [4.78, 5) is 24.1. The van der Waals surface area contributed by atoms with Crippen LogP contribution in [0.3, 0.4) is 0 Å². The Morgan fingerprint density at radius 3 is 2.42 bits per heavy atom. The van der Waals surface area contributed by atoms with Gasteiger partial charge in [-0.3, -0.25) is 4.79 Å². The molecule has 0 saturated heterocycles. The molecule has 1 amide bonds. The largest absolute Gasteiger partial charge is 0.493 e. The van der Waals surface area contributed by atoms with Crippen LogP contribution in [0.15, 0.2) is 54.6 Å². The fraction of sp³-hybridized carbons (Fsp3) is 0.333. The number of hydrogen-bond donors (Lipinski definition) is 1. The highest BCUT2D eigenvalue weighted by Crippen LogP contribution is 2.15. The lowest BCUT2D eigenvalue weighted by Crippen LogP contribution is -2.31. The van der Waals surface area contributed by atoms with Gasteiger partial charge in [-0.25, -0.2) is 4.79 Å². The summed E-state index contributed by atoms with van der Waals surface area (Å²) in [6, 6.07) is 16.2. The molecule has 5 heteroatoms. The van der Waals surface area contributed by atoms with Gasteiger partial charge in [0.1, 0.15) is 5.75 Å². The predicted molar refractivity (Wildman–Crippen MR) is 100 cm³/mol. The number of ether oxygens (including phenoxy) is 2. The SMILES string of the molecule is CC(C)COc1cccc(C(=O)OCC(=O)N[C@H](C)c2ccccc2)c1. The fourth-order valence-corrected chi connectivity index (χ4v) is 2.30. The van der Waals surface area contributed by atoms with Crippen LogP contribution in [0.25, 0.3) is 0 Å². The Kier molecular flexibility index (Phi) is 7.21. The molecule has 0 saturated carbocycles. The number of benzene rings is 2. The van der Waals surface area contributed by atoms with Crippen LogP contribution in [-0.2, 0) is 9.53 Å². The first kappa shape index (κ1) is 19.5. The minimum Gasteiger partial charge on any atom is -0.493 e. The summed E-state index contributed by atoms with van der Waals surface area (Å²) in [5, 5.41) is 2.81. The fourth-order valence-electron chi connectivity index (χ4n) is 2.30. The molecule has 26 heavy (non-hydrogen) atoms. The van der Waals surface area contributed by atoms with E-state index in [0.717, 1.165) is 5.56 Å². The lowest BCUT2D eigenvalue weighted by Gasteiger charge is -2.14. The van der Waals surface area contributed by atoms with E-state index in [1.807, 2.05) is 51.1 Å². The van der Waals surface area contributed by atoms with Crippen LogP contribution >= 0.6 is 0 Å². The molecule has 2 rings (SSSR count). The van der Waals surface area contributed by atoms with Gasteiger partial charge in [0.15, 0.2) is 6.61 Å². The zero-order valence-electron chi connectivity index (χ0n) is 15.4. The van der Waals surface area contributed by atoms with Crippen molar-refractivity contribution in [3.63, 3.8) is 0 Å². The highest BCUT2D eigenvalue weighted by atomic mass is 16.5. The van der Waals surface area contributed by atoms with E-state index in [9.17, 15) is 9.59 Å². The first-order valence-corrected chi connectivity index (χ1v) is 8.70. The predicted octanol–water partition coefficient (Wildman–Crippen LogP) is 3.76. The van der Waals surface area contributed by atoms with Crippen molar-refractivity contribution in [2.45, 2.75) is 26.8 Å². The third-order valence-corrected chi connectivity index (χ3v) is 3.66. The van der Waals surface area contributed by atoms with Crippen molar-refractivity contribution in [3.05, 3.63) is 65.7 Å². The number of hydrogen-bond acceptors (Lipinski definition) is 4. The minimum absolute atomic E-state index is 0.157. The molecule has 2 aromatic carbocycles. The standard InChI is InChI=1S/C21H25NO4/c1-15(2)13-25-19-11-7-10-18(12-19)21(24)26-14-20(23)22-16(3)17-8-5-4-6-9-17/h4-12,15-16H,13-14H2,1-3H3,(H,22,23)/t16-/m1/s1. The van der Waals surface area contributed by atoms with Gasteiger partial charge in [0, 0.05) is 0 Å². The van der Waals surface area contributed by atoms with Crippen LogP contribution in [0, 0.1) is 5.92 Å². The third-order valence-electron chi connectivity index (χ3n) is 3.66. The maximum Gasteiger partial charge on any atom is 0.338 e. The van der Waals surface area contributed by atoms with E-state index in [4.69, 9.17) is 9.47 Å². The summed E-state index contributed by atoms with van der Waals surface area (Å²) in [5.41, 5.74) is 1.34. The highest BCUT2D eigenvalue weighted by Gasteiger charge is 2.13. The van der Waals surface area contributed by atoms with Crippen molar-refractivity contribution in [1.29, 1.82) is 0 Å². The molecule has 0 bridgehead atoms. The molecule has 1 atom stereocenters. The molecular weight excluding hydrogens is 330 g/mol. The van der Waals surface area contributed by atoms with Crippen LogP contribution in [0.4, 0.5) is 0 Å². The maximum absolute atomic E-state index is 12.1. The van der Waals surface area contributed by atoms with E-state index in [2.05, 4.69) is 5.32 Å². The van der Waals surface area contributed by atoms with Crippen molar-refractivity contribution in [2.24, 2.45) is 5.92 Å². The van der Waals surface area contributed by atoms with Crippen LogP contribution in [0.2, 0.25) is 0 Å². The van der Waals surface area contributed by atoms with Gasteiger partial charge in [-0.1, -0.05) is 50.2 Å². The molecule has 138 valence electrons. The lowest BCUT2D eigenvalue weighted by molar-refractivity contribution is -0.124. The molecule has 2 aromatic rings. The van der Waals surface area contributed by atoms with E-state index in [-0.39, 0.29) is 18.6 Å². The van der Waals surface area contributed by atoms with Crippen LogP contribution in [0.1, 0.15) is 42.7 Å². The molecule has 0 aliphatic rings. The average Bonchev–Trinajstić information content (AvgIpc) is 2.65. The second-order valence-corrected chi connectivity index (χ2v) is 6.51. The van der Waals surface area contributed by atoms with Gasteiger partial charge >= 0.3 is 5.97 Å². The van der Waals surface area contributed by atoms with Crippen molar-refractivity contribution >= 4 is 11.9 Å². The number of carbonyl (C=O) groups is 2. The van der Waals surface area contributed by atoms with Gasteiger partial charge in [0.05, 0.1) is 18.2 Å². The molecule has 0 unspecified atom stereocenters. The number of esters is 1. The van der Waals surface area contributed by atoms with Crippen molar-refractivity contribution in [2.75, 3.05) is 13.2 Å². The Morgan fingerprint density at radius 2 is 1.73 bits per heavy atom. The molecule has 0 aliphatic heterocycles. The number of amides is 1. The number of carbonyl (C=O) groups excluding carboxylic acids is 2. The molecule has 1 N–H and O–H groups in total. The summed E-state index contributed by atoms with van der Waals surface area (Å²) < 4.78 is 10.7. The van der Waals surface area contributed by atoms with Crippen LogP contribution in [-0.4, -0.2) is 25.1 Å². The van der Waals surface area contributed by atoms with Gasteiger partial charge in [0.2, 0.25) is 0 Å². The summed E-state index contributed by atoms with van der Waals surface area (Å²) in [5.74, 6) is 0.0978.